The highest BCUT2D eigenvalue weighted by atomic mass is 19.4. The van der Waals surface area contributed by atoms with Gasteiger partial charge in [-0.05, 0) is 36.4 Å². The third-order valence-electron chi connectivity index (χ3n) is 2.38. The number of ether oxygens (including phenoxy) is 1. The van der Waals surface area contributed by atoms with Crippen molar-refractivity contribution in [2.75, 3.05) is 5.32 Å². The summed E-state index contributed by atoms with van der Waals surface area (Å²) >= 11 is 0. The van der Waals surface area contributed by atoms with Gasteiger partial charge in [0, 0.05) is 11.3 Å². The zero-order valence-electron chi connectivity index (χ0n) is 10.1. The van der Waals surface area contributed by atoms with E-state index in [-0.39, 0.29) is 11.3 Å². The third-order valence-corrected chi connectivity index (χ3v) is 2.38. The highest BCUT2D eigenvalue weighted by Gasteiger charge is 2.31. The van der Waals surface area contributed by atoms with Gasteiger partial charge in [-0.15, -0.1) is 13.2 Å². The minimum absolute atomic E-state index is 0.239. The lowest BCUT2D eigenvalue weighted by Crippen LogP contribution is -2.17. The van der Waals surface area contributed by atoms with Crippen molar-refractivity contribution in [3.05, 3.63) is 60.2 Å². The van der Waals surface area contributed by atoms with Crippen molar-refractivity contribution < 1.29 is 22.7 Å². The van der Waals surface area contributed by atoms with Crippen LogP contribution in [0.3, 0.4) is 0 Å². The van der Waals surface area contributed by atoms with Crippen LogP contribution in [0.4, 0.5) is 18.9 Å². The van der Waals surface area contributed by atoms with Crippen LogP contribution in [-0.4, -0.2) is 12.3 Å². The fraction of sp³-hybridized carbons (Fsp3) is 0.0714. The Morgan fingerprint density at radius 3 is 2.10 bits per heavy atom. The number of para-hydroxylation sites is 1. The quantitative estimate of drug-likeness (QED) is 0.928. The van der Waals surface area contributed by atoms with Crippen LogP contribution in [0.1, 0.15) is 10.4 Å². The number of benzene rings is 2. The molecule has 0 radical (unpaired) electrons. The molecule has 0 aliphatic rings. The molecule has 0 aliphatic heterocycles. The molecule has 0 atom stereocenters. The fourth-order valence-corrected chi connectivity index (χ4v) is 1.53. The zero-order chi connectivity index (χ0) is 14.6. The first-order chi connectivity index (χ1) is 9.44. The largest absolute Gasteiger partial charge is 0.573 e. The molecule has 0 aromatic heterocycles. The molecular weight excluding hydrogens is 271 g/mol. The number of carbonyl (C=O) groups excluding carboxylic acids is 1. The molecule has 1 N–H and O–H groups in total. The normalized spacial score (nSPS) is 10.9. The first-order valence-electron chi connectivity index (χ1n) is 5.66. The number of nitrogens with one attached hydrogen (secondary N) is 1. The molecule has 1 amide bonds. The molecule has 0 heterocycles. The smallest absolute Gasteiger partial charge is 0.406 e. The molecule has 2 aromatic rings. The van der Waals surface area contributed by atoms with Crippen molar-refractivity contribution in [1.82, 2.24) is 0 Å². The molecule has 3 nitrogen and oxygen atoms in total. The summed E-state index contributed by atoms with van der Waals surface area (Å²) in [5.41, 5.74) is 0.844. The Labute approximate surface area is 113 Å². The SMILES string of the molecule is O=C(Nc1ccccc1)c1ccc(OC(F)(F)F)cc1. The first kappa shape index (κ1) is 13.9. The second-order valence-electron chi connectivity index (χ2n) is 3.89. The molecule has 0 unspecified atom stereocenters. The summed E-state index contributed by atoms with van der Waals surface area (Å²) in [6.45, 7) is 0. The summed E-state index contributed by atoms with van der Waals surface area (Å²) in [5, 5.41) is 2.62. The average molecular weight is 281 g/mol. The van der Waals surface area contributed by atoms with E-state index < -0.39 is 12.3 Å². The number of hydrogen-bond donors (Lipinski definition) is 1. The van der Waals surface area contributed by atoms with E-state index in [4.69, 9.17) is 0 Å². The lowest BCUT2D eigenvalue weighted by molar-refractivity contribution is -0.274. The van der Waals surface area contributed by atoms with Gasteiger partial charge < -0.3 is 10.1 Å². The highest BCUT2D eigenvalue weighted by molar-refractivity contribution is 6.04. The van der Waals surface area contributed by atoms with Crippen molar-refractivity contribution in [3.8, 4) is 5.75 Å². The van der Waals surface area contributed by atoms with E-state index in [0.717, 1.165) is 12.1 Å². The van der Waals surface area contributed by atoms with Crippen molar-refractivity contribution in [1.29, 1.82) is 0 Å². The molecule has 2 rings (SSSR count). The Hall–Kier alpha value is -2.50. The molecule has 2 aromatic carbocycles. The number of carbonyl (C=O) groups is 1. The molecule has 0 aliphatic carbocycles. The van der Waals surface area contributed by atoms with Crippen LogP contribution in [0.15, 0.2) is 54.6 Å². The van der Waals surface area contributed by atoms with E-state index >= 15 is 0 Å². The van der Waals surface area contributed by atoms with Gasteiger partial charge in [0.15, 0.2) is 0 Å². The summed E-state index contributed by atoms with van der Waals surface area (Å²) < 4.78 is 39.7. The maximum atomic E-state index is 12.0. The Morgan fingerprint density at radius 1 is 0.950 bits per heavy atom. The molecule has 0 saturated carbocycles. The van der Waals surface area contributed by atoms with Gasteiger partial charge in [-0.1, -0.05) is 18.2 Å². The highest BCUT2D eigenvalue weighted by Crippen LogP contribution is 2.23. The first-order valence-corrected chi connectivity index (χ1v) is 5.66. The maximum absolute atomic E-state index is 12.0. The lowest BCUT2D eigenvalue weighted by atomic mass is 10.2. The molecular formula is C14H10F3NO2. The molecule has 104 valence electrons. The van der Waals surface area contributed by atoms with E-state index in [1.54, 1.807) is 30.3 Å². The Balaban J connectivity index is 2.04. The minimum atomic E-state index is -4.74. The monoisotopic (exact) mass is 281 g/mol. The van der Waals surface area contributed by atoms with Crippen LogP contribution in [0.2, 0.25) is 0 Å². The average Bonchev–Trinajstić information content (AvgIpc) is 2.39. The van der Waals surface area contributed by atoms with Crippen molar-refractivity contribution in [2.45, 2.75) is 6.36 Å². The van der Waals surface area contributed by atoms with Crippen LogP contribution in [0, 0.1) is 0 Å². The summed E-state index contributed by atoms with van der Waals surface area (Å²) in [6, 6.07) is 13.4. The summed E-state index contributed by atoms with van der Waals surface area (Å²) in [4.78, 5) is 11.8. The van der Waals surface area contributed by atoms with Gasteiger partial charge in [0.2, 0.25) is 0 Å². The minimum Gasteiger partial charge on any atom is -0.406 e. The van der Waals surface area contributed by atoms with Gasteiger partial charge >= 0.3 is 6.36 Å². The number of anilines is 1. The van der Waals surface area contributed by atoms with E-state index in [2.05, 4.69) is 10.1 Å². The molecule has 0 bridgehead atoms. The third kappa shape index (κ3) is 4.01. The number of hydrogen-bond acceptors (Lipinski definition) is 2. The van der Waals surface area contributed by atoms with Gasteiger partial charge in [0.05, 0.1) is 0 Å². The second-order valence-corrected chi connectivity index (χ2v) is 3.89. The van der Waals surface area contributed by atoms with Gasteiger partial charge in [-0.25, -0.2) is 0 Å². The zero-order valence-corrected chi connectivity index (χ0v) is 10.1. The Bertz CT molecular complexity index is 580. The molecule has 6 heteroatoms. The Kier molecular flexibility index (Phi) is 3.93. The van der Waals surface area contributed by atoms with Gasteiger partial charge in [0.25, 0.3) is 5.91 Å². The topological polar surface area (TPSA) is 38.3 Å². The number of amides is 1. The van der Waals surface area contributed by atoms with Gasteiger partial charge in [-0.2, -0.15) is 0 Å². The van der Waals surface area contributed by atoms with Crippen molar-refractivity contribution in [3.63, 3.8) is 0 Å². The predicted octanol–water partition coefficient (Wildman–Crippen LogP) is 3.84. The fourth-order valence-electron chi connectivity index (χ4n) is 1.53. The lowest BCUT2D eigenvalue weighted by Gasteiger charge is -2.09. The van der Waals surface area contributed by atoms with E-state index in [1.807, 2.05) is 0 Å². The molecule has 0 fully saturated rings. The maximum Gasteiger partial charge on any atom is 0.573 e. The molecule has 20 heavy (non-hydrogen) atoms. The number of rotatable bonds is 3. The summed E-state index contributed by atoms with van der Waals surface area (Å²) in [6.07, 6.45) is -4.74. The molecule has 0 spiro atoms. The van der Waals surface area contributed by atoms with Crippen molar-refractivity contribution >= 4 is 11.6 Å². The van der Waals surface area contributed by atoms with Crippen LogP contribution in [0.5, 0.6) is 5.75 Å². The summed E-state index contributed by atoms with van der Waals surface area (Å²) in [5.74, 6) is -0.775. The molecule has 0 saturated heterocycles. The van der Waals surface area contributed by atoms with Crippen molar-refractivity contribution in [2.24, 2.45) is 0 Å². The van der Waals surface area contributed by atoms with E-state index in [0.29, 0.717) is 5.69 Å². The standard InChI is InChI=1S/C14H10F3NO2/c15-14(16,17)20-12-8-6-10(7-9-12)13(19)18-11-4-2-1-3-5-11/h1-9H,(H,18,19). The van der Waals surface area contributed by atoms with Crippen LogP contribution in [0.25, 0.3) is 0 Å². The number of halogens is 3. The second kappa shape index (κ2) is 5.64. The van der Waals surface area contributed by atoms with Crippen LogP contribution in [-0.2, 0) is 0 Å². The van der Waals surface area contributed by atoms with Crippen LogP contribution < -0.4 is 10.1 Å². The van der Waals surface area contributed by atoms with Gasteiger partial charge in [0.1, 0.15) is 5.75 Å². The van der Waals surface area contributed by atoms with E-state index in [1.165, 1.54) is 12.1 Å². The van der Waals surface area contributed by atoms with Gasteiger partial charge in [-0.3, -0.25) is 4.79 Å². The summed E-state index contributed by atoms with van der Waals surface area (Å²) in [7, 11) is 0. The number of alkyl halides is 3. The van der Waals surface area contributed by atoms with Crippen LogP contribution >= 0.6 is 0 Å². The Morgan fingerprint density at radius 2 is 1.55 bits per heavy atom. The van der Waals surface area contributed by atoms with E-state index in [9.17, 15) is 18.0 Å². The predicted molar refractivity (Wildman–Crippen MR) is 67.5 cm³/mol.